The molecule has 1 aromatic rings. The van der Waals surface area contributed by atoms with Crippen LogP contribution in [-0.2, 0) is 9.53 Å². The summed E-state index contributed by atoms with van der Waals surface area (Å²) >= 11 is 12.6. The standard InChI is InChI=1S/C16H16Cl2N2O3/c17-12-7-10(14-8-19-5-6-23-14)1-3-13(12)20-9-11(16(21)22)2-4-15(20)18/h1-4,7,14,19H,5-6,8-9H2,(H,21,22)/t14-/m1/s1. The molecule has 1 saturated heterocycles. The van der Waals surface area contributed by atoms with Gasteiger partial charge in [0.25, 0.3) is 0 Å². The number of morpholine rings is 1. The van der Waals surface area contributed by atoms with Crippen LogP contribution in [0, 0.1) is 0 Å². The third-order valence-corrected chi connectivity index (χ3v) is 4.48. The van der Waals surface area contributed by atoms with Crippen LogP contribution in [-0.4, -0.2) is 37.3 Å². The number of hydrogen-bond acceptors (Lipinski definition) is 4. The van der Waals surface area contributed by atoms with Gasteiger partial charge in [-0.25, -0.2) is 4.79 Å². The number of carbonyl (C=O) groups is 1. The predicted molar refractivity (Wildman–Crippen MR) is 90.0 cm³/mol. The van der Waals surface area contributed by atoms with Crippen LogP contribution in [0.3, 0.4) is 0 Å². The van der Waals surface area contributed by atoms with E-state index in [4.69, 9.17) is 33.0 Å². The van der Waals surface area contributed by atoms with Crippen LogP contribution in [0.15, 0.2) is 41.1 Å². The maximum absolute atomic E-state index is 11.2. The summed E-state index contributed by atoms with van der Waals surface area (Å²) in [6.07, 6.45) is 3.04. The third-order valence-electron chi connectivity index (χ3n) is 3.84. The number of rotatable bonds is 3. The molecule has 3 rings (SSSR count). The summed E-state index contributed by atoms with van der Waals surface area (Å²) in [5.41, 5.74) is 1.92. The molecule has 0 aromatic heterocycles. The van der Waals surface area contributed by atoms with Gasteiger partial charge in [0.05, 0.1) is 35.5 Å². The minimum Gasteiger partial charge on any atom is -0.478 e. The maximum atomic E-state index is 11.2. The lowest BCUT2D eigenvalue weighted by atomic mass is 10.1. The van der Waals surface area contributed by atoms with Crippen molar-refractivity contribution < 1.29 is 14.6 Å². The Bertz CT molecular complexity index is 682. The predicted octanol–water partition coefficient (Wildman–Crippen LogP) is 2.91. The highest BCUT2D eigenvalue weighted by molar-refractivity contribution is 6.35. The van der Waals surface area contributed by atoms with Gasteiger partial charge in [-0.2, -0.15) is 0 Å². The summed E-state index contributed by atoms with van der Waals surface area (Å²) < 4.78 is 5.71. The summed E-state index contributed by atoms with van der Waals surface area (Å²) in [4.78, 5) is 12.8. The lowest BCUT2D eigenvalue weighted by molar-refractivity contribution is -0.132. The van der Waals surface area contributed by atoms with E-state index < -0.39 is 5.97 Å². The number of anilines is 1. The Kier molecular flexibility index (Phi) is 4.92. The number of nitrogens with zero attached hydrogens (tertiary/aromatic N) is 1. The Morgan fingerprint density at radius 1 is 1.35 bits per heavy atom. The zero-order valence-electron chi connectivity index (χ0n) is 12.3. The molecule has 2 N–H and O–H groups in total. The van der Waals surface area contributed by atoms with E-state index in [1.165, 1.54) is 6.08 Å². The van der Waals surface area contributed by atoms with Gasteiger partial charge in [0.1, 0.15) is 5.16 Å². The van der Waals surface area contributed by atoms with E-state index >= 15 is 0 Å². The summed E-state index contributed by atoms with van der Waals surface area (Å²) in [6.45, 7) is 2.43. The number of carboxylic acid groups (broad SMARTS) is 1. The van der Waals surface area contributed by atoms with Gasteiger partial charge >= 0.3 is 5.97 Å². The van der Waals surface area contributed by atoms with Crippen molar-refractivity contribution in [3.8, 4) is 0 Å². The molecule has 0 radical (unpaired) electrons. The van der Waals surface area contributed by atoms with E-state index in [1.807, 2.05) is 18.2 Å². The minimum absolute atomic E-state index is 0.0304. The highest BCUT2D eigenvalue weighted by atomic mass is 35.5. The zero-order chi connectivity index (χ0) is 16.4. The highest BCUT2D eigenvalue weighted by Crippen LogP contribution is 2.34. The quantitative estimate of drug-likeness (QED) is 0.817. The number of aliphatic carboxylic acids is 1. The van der Waals surface area contributed by atoms with Crippen molar-refractivity contribution in [3.63, 3.8) is 0 Å². The van der Waals surface area contributed by atoms with Crippen molar-refractivity contribution >= 4 is 34.9 Å². The highest BCUT2D eigenvalue weighted by Gasteiger charge is 2.23. The Labute approximate surface area is 144 Å². The fraction of sp³-hybridized carbons (Fsp3) is 0.312. The molecule has 2 heterocycles. The van der Waals surface area contributed by atoms with E-state index in [9.17, 15) is 4.79 Å². The van der Waals surface area contributed by atoms with Gasteiger partial charge in [-0.15, -0.1) is 0 Å². The SMILES string of the molecule is O=C(O)C1=CC=C(Cl)N(c2ccc([C@H]3CNCCO3)cc2Cl)C1. The Hall–Kier alpha value is -1.53. The van der Waals surface area contributed by atoms with Crippen LogP contribution in [0.25, 0.3) is 0 Å². The maximum Gasteiger partial charge on any atom is 0.333 e. The van der Waals surface area contributed by atoms with Gasteiger partial charge in [-0.1, -0.05) is 29.3 Å². The average molecular weight is 355 g/mol. The molecular formula is C16H16Cl2N2O3. The van der Waals surface area contributed by atoms with E-state index in [1.54, 1.807) is 11.0 Å². The van der Waals surface area contributed by atoms with E-state index in [-0.39, 0.29) is 18.2 Å². The second-order valence-electron chi connectivity index (χ2n) is 5.35. The van der Waals surface area contributed by atoms with Crippen LogP contribution in [0.2, 0.25) is 5.02 Å². The number of nitrogens with one attached hydrogen (secondary N) is 1. The molecule has 7 heteroatoms. The van der Waals surface area contributed by atoms with Crippen LogP contribution in [0.5, 0.6) is 0 Å². The van der Waals surface area contributed by atoms with E-state index in [0.29, 0.717) is 22.5 Å². The van der Waals surface area contributed by atoms with Gasteiger partial charge in [-0.05, 0) is 29.8 Å². The van der Waals surface area contributed by atoms with Gasteiger partial charge in [0.15, 0.2) is 0 Å². The fourth-order valence-electron chi connectivity index (χ4n) is 2.62. The molecule has 0 bridgehead atoms. The number of allylic oxidation sites excluding steroid dienone is 2. The molecule has 1 atom stereocenters. The van der Waals surface area contributed by atoms with Crippen molar-refractivity contribution in [1.29, 1.82) is 0 Å². The van der Waals surface area contributed by atoms with Crippen LogP contribution in [0.4, 0.5) is 5.69 Å². The number of benzene rings is 1. The van der Waals surface area contributed by atoms with Gasteiger partial charge < -0.3 is 20.1 Å². The lowest BCUT2D eigenvalue weighted by Gasteiger charge is -2.29. The van der Waals surface area contributed by atoms with Gasteiger partial charge in [0.2, 0.25) is 0 Å². The molecule has 0 spiro atoms. The Morgan fingerprint density at radius 3 is 2.83 bits per heavy atom. The van der Waals surface area contributed by atoms with Crippen molar-refractivity contribution in [3.05, 3.63) is 51.7 Å². The zero-order valence-corrected chi connectivity index (χ0v) is 13.8. The van der Waals surface area contributed by atoms with Crippen molar-refractivity contribution in [2.45, 2.75) is 6.10 Å². The number of carboxylic acids is 1. The molecule has 2 aliphatic rings. The molecule has 23 heavy (non-hydrogen) atoms. The van der Waals surface area contributed by atoms with Crippen molar-refractivity contribution in [2.24, 2.45) is 0 Å². The molecule has 5 nitrogen and oxygen atoms in total. The first kappa shape index (κ1) is 16.3. The second-order valence-corrected chi connectivity index (χ2v) is 6.14. The minimum atomic E-state index is -0.968. The van der Waals surface area contributed by atoms with Crippen molar-refractivity contribution in [1.82, 2.24) is 5.32 Å². The van der Waals surface area contributed by atoms with Gasteiger partial charge in [0, 0.05) is 13.1 Å². The van der Waals surface area contributed by atoms with Crippen LogP contribution < -0.4 is 10.2 Å². The topological polar surface area (TPSA) is 61.8 Å². The summed E-state index contributed by atoms with van der Waals surface area (Å²) in [5, 5.41) is 13.4. The Morgan fingerprint density at radius 2 is 2.17 bits per heavy atom. The summed E-state index contributed by atoms with van der Waals surface area (Å²) in [5.74, 6) is -0.968. The molecule has 2 aliphatic heterocycles. The molecule has 0 aliphatic carbocycles. The van der Waals surface area contributed by atoms with Gasteiger partial charge in [-0.3, -0.25) is 0 Å². The van der Waals surface area contributed by atoms with Crippen molar-refractivity contribution in [2.75, 3.05) is 31.1 Å². The first-order valence-electron chi connectivity index (χ1n) is 7.25. The largest absolute Gasteiger partial charge is 0.478 e. The summed E-state index contributed by atoms with van der Waals surface area (Å²) in [7, 11) is 0. The molecule has 1 aromatic carbocycles. The lowest BCUT2D eigenvalue weighted by Crippen LogP contribution is -2.33. The second kappa shape index (κ2) is 6.93. The third kappa shape index (κ3) is 3.53. The average Bonchev–Trinajstić information content (AvgIpc) is 2.56. The monoisotopic (exact) mass is 354 g/mol. The first-order chi connectivity index (χ1) is 11.1. The fourth-order valence-corrected chi connectivity index (χ4v) is 3.12. The molecule has 0 unspecified atom stereocenters. The van der Waals surface area contributed by atoms with E-state index in [2.05, 4.69) is 5.32 Å². The normalized spacial score (nSPS) is 21.7. The van der Waals surface area contributed by atoms with Crippen LogP contribution >= 0.6 is 23.2 Å². The smallest absolute Gasteiger partial charge is 0.333 e. The molecule has 0 amide bonds. The molecule has 0 saturated carbocycles. The number of hydrogen-bond donors (Lipinski definition) is 2. The van der Waals surface area contributed by atoms with E-state index in [0.717, 1.165) is 18.7 Å². The summed E-state index contributed by atoms with van der Waals surface area (Å²) in [6, 6.07) is 5.62. The first-order valence-corrected chi connectivity index (χ1v) is 8.01. The molecular weight excluding hydrogens is 339 g/mol. The van der Waals surface area contributed by atoms with Crippen LogP contribution in [0.1, 0.15) is 11.7 Å². The molecule has 1 fully saturated rings. The Balaban J connectivity index is 1.85. The number of halogens is 2. The number of ether oxygens (including phenoxy) is 1. The molecule has 122 valence electrons.